The minimum absolute atomic E-state index is 0.216. The Morgan fingerprint density at radius 3 is 2.09 bits per heavy atom. The fraction of sp³-hybridized carbons (Fsp3) is 0.571. The summed E-state index contributed by atoms with van der Waals surface area (Å²) in [7, 11) is 0. The van der Waals surface area contributed by atoms with Crippen LogP contribution in [-0.2, 0) is 35.4 Å². The molecule has 2 aromatic heterocycles. The van der Waals surface area contributed by atoms with Crippen molar-refractivity contribution in [1.82, 2.24) is 9.97 Å². The lowest BCUT2D eigenvalue weighted by Gasteiger charge is -2.24. The van der Waals surface area contributed by atoms with E-state index in [4.69, 9.17) is 19.6 Å². The van der Waals surface area contributed by atoms with Gasteiger partial charge in [-0.2, -0.15) is 0 Å². The van der Waals surface area contributed by atoms with Crippen LogP contribution < -0.4 is 0 Å². The van der Waals surface area contributed by atoms with Gasteiger partial charge in [-0.1, -0.05) is 36.3 Å². The summed E-state index contributed by atoms with van der Waals surface area (Å²) in [5.41, 5.74) is 10.1. The van der Waals surface area contributed by atoms with Crippen LogP contribution in [0.4, 0.5) is 0 Å². The second-order valence-corrected chi connectivity index (χ2v) is 10.8. The Bertz CT molecular complexity index is 1120. The molecular formula is C28H36N4O2. The van der Waals surface area contributed by atoms with Crippen molar-refractivity contribution in [1.29, 1.82) is 0 Å². The molecule has 2 aromatic rings. The lowest BCUT2D eigenvalue weighted by atomic mass is 9.88. The molecular weight excluding hydrogens is 424 g/mol. The molecule has 0 aliphatic heterocycles. The molecule has 0 spiro atoms. The molecule has 0 N–H and O–H groups in total. The van der Waals surface area contributed by atoms with Crippen LogP contribution >= 0.6 is 0 Å². The first kappa shape index (κ1) is 23.0. The van der Waals surface area contributed by atoms with Crippen LogP contribution in [0.15, 0.2) is 28.5 Å². The summed E-state index contributed by atoms with van der Waals surface area (Å²) in [5.74, 6) is 0. The number of hydrogen-bond donors (Lipinski definition) is 0. The second kappa shape index (κ2) is 9.85. The predicted octanol–water partition coefficient (Wildman–Crippen LogP) is 5.50. The first-order chi connectivity index (χ1) is 16.5. The van der Waals surface area contributed by atoms with E-state index in [0.717, 1.165) is 79.9 Å². The van der Waals surface area contributed by atoms with E-state index < -0.39 is 0 Å². The smallest absolute Gasteiger partial charge is 0.125 e. The average Bonchev–Trinajstić information content (AvgIpc) is 2.83. The van der Waals surface area contributed by atoms with E-state index in [1.165, 1.54) is 35.2 Å². The van der Waals surface area contributed by atoms with Crippen molar-refractivity contribution < 1.29 is 9.68 Å². The van der Waals surface area contributed by atoms with Crippen molar-refractivity contribution in [2.45, 2.75) is 85.0 Å². The van der Waals surface area contributed by atoms with Crippen LogP contribution in [-0.4, -0.2) is 34.6 Å². The topological polar surface area (TPSA) is 69.0 Å². The molecule has 3 aliphatic carbocycles. The van der Waals surface area contributed by atoms with Gasteiger partial charge >= 0.3 is 0 Å². The summed E-state index contributed by atoms with van der Waals surface area (Å²) in [6.45, 7) is 7.19. The molecule has 3 aliphatic rings. The van der Waals surface area contributed by atoms with Gasteiger partial charge in [-0.15, -0.1) is 0 Å². The lowest BCUT2D eigenvalue weighted by molar-refractivity contribution is -0.000312. The molecule has 0 amide bonds. The molecule has 0 saturated heterocycles. The largest absolute Gasteiger partial charge is 0.395 e. The van der Waals surface area contributed by atoms with Gasteiger partial charge in [0.25, 0.3) is 0 Å². The molecule has 2 heterocycles. The summed E-state index contributed by atoms with van der Waals surface area (Å²) in [6.07, 6.45) is 10.9. The Balaban J connectivity index is 1.20. The molecule has 34 heavy (non-hydrogen) atoms. The molecule has 6 nitrogen and oxygen atoms in total. The van der Waals surface area contributed by atoms with Crippen molar-refractivity contribution in [2.75, 3.05) is 13.2 Å². The van der Waals surface area contributed by atoms with Crippen molar-refractivity contribution in [2.24, 2.45) is 15.7 Å². The van der Waals surface area contributed by atoms with Crippen LogP contribution in [0.2, 0.25) is 0 Å². The molecule has 0 aromatic carbocycles. The van der Waals surface area contributed by atoms with Crippen LogP contribution in [0.3, 0.4) is 0 Å². The molecule has 0 atom stereocenters. The van der Waals surface area contributed by atoms with Crippen molar-refractivity contribution in [3.8, 4) is 0 Å². The van der Waals surface area contributed by atoms with Crippen LogP contribution in [0, 0.1) is 12.3 Å². The standard InChI is InChI=1S/C28H36N4O2/c1-19-14-15-20-9-6-12-24(26(20)29-19)31-33-17-28(2,3)18-34-32-25-13-7-10-22-16-21-8-4-5-11-23(21)30-27(22)25/h14-16H,4-13,17-18H2,1-3H3. The molecule has 0 radical (unpaired) electrons. The molecule has 180 valence electrons. The van der Waals surface area contributed by atoms with Crippen LogP contribution in [0.1, 0.15) is 91.8 Å². The second-order valence-electron chi connectivity index (χ2n) is 10.8. The predicted molar refractivity (Wildman–Crippen MR) is 134 cm³/mol. The highest BCUT2D eigenvalue weighted by Gasteiger charge is 2.24. The maximum absolute atomic E-state index is 5.86. The summed E-state index contributed by atoms with van der Waals surface area (Å²) in [6, 6.07) is 6.61. The maximum Gasteiger partial charge on any atom is 0.125 e. The summed E-state index contributed by atoms with van der Waals surface area (Å²) in [4.78, 5) is 21.4. The Morgan fingerprint density at radius 1 is 0.735 bits per heavy atom. The highest BCUT2D eigenvalue weighted by molar-refractivity contribution is 6.01. The Hall–Kier alpha value is -2.76. The third-order valence-corrected chi connectivity index (χ3v) is 7.02. The number of oxime groups is 2. The molecule has 6 heteroatoms. The van der Waals surface area contributed by atoms with Crippen LogP contribution in [0.25, 0.3) is 0 Å². The molecule has 0 bridgehead atoms. The van der Waals surface area contributed by atoms with Gasteiger partial charge in [-0.25, -0.2) is 0 Å². The molecule has 0 fully saturated rings. The minimum Gasteiger partial charge on any atom is -0.395 e. The molecule has 5 rings (SSSR count). The SMILES string of the molecule is Cc1ccc2c(n1)C(=NOCC(C)(C)CON=C1CCCc3cc4c(nc31)CCCC4)CCC2. The number of fused-ring (bicyclic) bond motifs is 3. The quantitative estimate of drug-likeness (QED) is 0.534. The number of rotatable bonds is 6. The van der Waals surface area contributed by atoms with E-state index >= 15 is 0 Å². The van der Waals surface area contributed by atoms with E-state index in [1.54, 1.807) is 0 Å². The third-order valence-electron chi connectivity index (χ3n) is 7.02. The van der Waals surface area contributed by atoms with E-state index in [-0.39, 0.29) is 5.41 Å². The summed E-state index contributed by atoms with van der Waals surface area (Å²) < 4.78 is 0. The van der Waals surface area contributed by atoms with Gasteiger partial charge < -0.3 is 9.68 Å². The minimum atomic E-state index is -0.216. The highest BCUT2D eigenvalue weighted by Crippen LogP contribution is 2.28. The average molecular weight is 461 g/mol. The van der Waals surface area contributed by atoms with Gasteiger partial charge in [0.05, 0.1) is 11.4 Å². The fourth-order valence-electron chi connectivity index (χ4n) is 5.08. The number of aromatic nitrogens is 2. The van der Waals surface area contributed by atoms with Gasteiger partial charge in [0.1, 0.15) is 24.6 Å². The molecule has 0 unspecified atom stereocenters. The van der Waals surface area contributed by atoms with E-state index in [9.17, 15) is 0 Å². The lowest BCUT2D eigenvalue weighted by Crippen LogP contribution is -2.25. The zero-order valence-corrected chi connectivity index (χ0v) is 20.8. The fourth-order valence-corrected chi connectivity index (χ4v) is 5.08. The summed E-state index contributed by atoms with van der Waals surface area (Å²) >= 11 is 0. The first-order valence-corrected chi connectivity index (χ1v) is 12.9. The normalized spacial score (nSPS) is 20.0. The number of nitrogens with zero attached hydrogens (tertiary/aromatic N) is 4. The van der Waals surface area contributed by atoms with Crippen molar-refractivity contribution in [3.63, 3.8) is 0 Å². The Morgan fingerprint density at radius 2 is 1.35 bits per heavy atom. The number of pyridine rings is 2. The molecule has 0 saturated carbocycles. The monoisotopic (exact) mass is 460 g/mol. The van der Waals surface area contributed by atoms with Gasteiger partial charge in [-0.05, 0) is 93.9 Å². The van der Waals surface area contributed by atoms with E-state index in [1.807, 2.05) is 6.92 Å². The van der Waals surface area contributed by atoms with Crippen molar-refractivity contribution >= 4 is 11.4 Å². The third kappa shape index (κ3) is 5.16. The zero-order chi connectivity index (χ0) is 23.5. The number of hydrogen-bond acceptors (Lipinski definition) is 6. The van der Waals surface area contributed by atoms with Crippen LogP contribution in [0.5, 0.6) is 0 Å². The van der Waals surface area contributed by atoms with E-state index in [0.29, 0.717) is 13.2 Å². The van der Waals surface area contributed by atoms with Gasteiger partial charge in [0.15, 0.2) is 0 Å². The maximum atomic E-state index is 5.86. The highest BCUT2D eigenvalue weighted by atomic mass is 16.6. The zero-order valence-electron chi connectivity index (χ0n) is 20.8. The summed E-state index contributed by atoms with van der Waals surface area (Å²) in [5, 5.41) is 9.02. The first-order valence-electron chi connectivity index (χ1n) is 12.9. The van der Waals surface area contributed by atoms with Gasteiger partial charge in [0.2, 0.25) is 0 Å². The number of aryl methyl sites for hydroxylation is 5. The Kier molecular flexibility index (Phi) is 6.66. The Labute approximate surface area is 202 Å². The van der Waals surface area contributed by atoms with Gasteiger partial charge in [0, 0.05) is 16.8 Å². The van der Waals surface area contributed by atoms with Crippen molar-refractivity contribution in [3.05, 3.63) is 57.7 Å². The van der Waals surface area contributed by atoms with Gasteiger partial charge in [-0.3, -0.25) is 9.97 Å². The van der Waals surface area contributed by atoms with E-state index in [2.05, 4.69) is 42.4 Å².